The van der Waals surface area contributed by atoms with E-state index in [0.29, 0.717) is 35.6 Å². The molecule has 7 nitrogen and oxygen atoms in total. The minimum atomic E-state index is -0.718. The van der Waals surface area contributed by atoms with Crippen LogP contribution in [0, 0.1) is 11.8 Å². The van der Waals surface area contributed by atoms with Gasteiger partial charge in [-0.2, -0.15) is 0 Å². The van der Waals surface area contributed by atoms with Crippen molar-refractivity contribution < 1.29 is 23.9 Å². The molecule has 2 atom stereocenters. The molecule has 0 aromatic heterocycles. The molecule has 2 aromatic carbocycles. The Morgan fingerprint density at radius 3 is 2.25 bits per heavy atom. The van der Waals surface area contributed by atoms with E-state index in [1.165, 1.54) is 18.2 Å². The van der Waals surface area contributed by atoms with Crippen molar-refractivity contribution in [2.75, 3.05) is 24.6 Å². The summed E-state index contributed by atoms with van der Waals surface area (Å²) in [4.78, 5) is 53.3. The van der Waals surface area contributed by atoms with Crippen LogP contribution in [0.1, 0.15) is 51.3 Å². The second-order valence-electron chi connectivity index (χ2n) is 8.50. The first kappa shape index (κ1) is 22.0. The van der Waals surface area contributed by atoms with Gasteiger partial charge in [-0.15, -0.1) is 0 Å². The van der Waals surface area contributed by atoms with Crippen LogP contribution in [0.2, 0.25) is 5.02 Å². The van der Waals surface area contributed by atoms with E-state index in [4.69, 9.17) is 16.3 Å². The highest BCUT2D eigenvalue weighted by Crippen LogP contribution is 2.30. The van der Waals surface area contributed by atoms with Crippen LogP contribution in [0.3, 0.4) is 0 Å². The number of esters is 1. The average Bonchev–Trinajstić information content (AvgIpc) is 3.01. The maximum atomic E-state index is 12.9. The second-order valence-corrected chi connectivity index (χ2v) is 8.94. The molecule has 0 radical (unpaired) electrons. The molecule has 1 fully saturated rings. The molecule has 0 saturated carbocycles. The van der Waals surface area contributed by atoms with E-state index in [9.17, 15) is 19.2 Å². The number of carbonyl (C=O) groups is 4. The van der Waals surface area contributed by atoms with Crippen LogP contribution in [-0.4, -0.2) is 48.3 Å². The quantitative estimate of drug-likeness (QED) is 0.518. The predicted octanol–water partition coefficient (Wildman–Crippen LogP) is 3.80. The van der Waals surface area contributed by atoms with Gasteiger partial charge >= 0.3 is 5.97 Å². The first-order valence-electron chi connectivity index (χ1n) is 10.5. The van der Waals surface area contributed by atoms with E-state index >= 15 is 0 Å². The van der Waals surface area contributed by atoms with Crippen molar-refractivity contribution in [3.63, 3.8) is 0 Å². The van der Waals surface area contributed by atoms with Crippen LogP contribution in [0.5, 0.6) is 0 Å². The first-order valence-corrected chi connectivity index (χ1v) is 10.9. The number of hydrogen-bond acceptors (Lipinski definition) is 5. The minimum absolute atomic E-state index is 0.107. The lowest BCUT2D eigenvalue weighted by atomic mass is 9.92. The van der Waals surface area contributed by atoms with E-state index < -0.39 is 17.8 Å². The van der Waals surface area contributed by atoms with Gasteiger partial charge in [0.2, 0.25) is 0 Å². The van der Waals surface area contributed by atoms with Gasteiger partial charge in [0.05, 0.1) is 22.4 Å². The van der Waals surface area contributed by atoms with Gasteiger partial charge in [-0.1, -0.05) is 25.4 Å². The summed E-state index contributed by atoms with van der Waals surface area (Å²) in [5.74, 6) is -1.16. The third-order valence-corrected chi connectivity index (χ3v) is 6.01. The number of imide groups is 1. The number of ether oxygens (including phenoxy) is 1. The number of likely N-dealkylation sites (tertiary alicyclic amines) is 1. The molecule has 2 heterocycles. The third-order valence-electron chi connectivity index (χ3n) is 5.76. The topological polar surface area (TPSA) is 84.0 Å². The van der Waals surface area contributed by atoms with Gasteiger partial charge in [0, 0.05) is 18.1 Å². The van der Waals surface area contributed by atoms with Crippen LogP contribution in [-0.2, 0) is 9.53 Å². The van der Waals surface area contributed by atoms with Crippen LogP contribution in [0.4, 0.5) is 5.69 Å². The Hall–Kier alpha value is -3.19. The molecule has 3 amide bonds. The maximum Gasteiger partial charge on any atom is 0.338 e. The Morgan fingerprint density at radius 1 is 0.969 bits per heavy atom. The maximum absolute atomic E-state index is 12.9. The molecule has 0 unspecified atom stereocenters. The fraction of sp³-hybridized carbons (Fsp3) is 0.333. The molecular weight excluding hydrogens is 432 g/mol. The van der Waals surface area contributed by atoms with Crippen LogP contribution < -0.4 is 4.90 Å². The fourth-order valence-electron chi connectivity index (χ4n) is 4.36. The molecule has 0 N–H and O–H groups in total. The number of anilines is 1. The number of nitrogens with zero attached hydrogens (tertiary/aromatic N) is 2. The number of carbonyl (C=O) groups excluding carboxylic acids is 4. The largest absolute Gasteiger partial charge is 0.452 e. The number of fused-ring (bicyclic) bond motifs is 1. The molecule has 2 aliphatic rings. The minimum Gasteiger partial charge on any atom is -0.452 e. The van der Waals surface area contributed by atoms with Gasteiger partial charge in [-0.25, -0.2) is 9.69 Å². The van der Waals surface area contributed by atoms with Gasteiger partial charge in [-0.05, 0) is 60.7 Å². The van der Waals surface area contributed by atoms with Gasteiger partial charge in [-0.3, -0.25) is 14.4 Å². The number of benzene rings is 2. The summed E-state index contributed by atoms with van der Waals surface area (Å²) in [6, 6.07) is 10.5. The van der Waals surface area contributed by atoms with E-state index in [0.717, 1.165) is 11.3 Å². The van der Waals surface area contributed by atoms with Crippen LogP contribution >= 0.6 is 11.6 Å². The Kier molecular flexibility index (Phi) is 6.02. The predicted molar refractivity (Wildman–Crippen MR) is 119 cm³/mol. The zero-order valence-electron chi connectivity index (χ0n) is 17.8. The summed E-state index contributed by atoms with van der Waals surface area (Å²) in [6.07, 6.45) is 1.07. The van der Waals surface area contributed by atoms with Crippen molar-refractivity contribution >= 4 is 41.0 Å². The van der Waals surface area contributed by atoms with Crippen molar-refractivity contribution in [1.29, 1.82) is 0 Å². The van der Waals surface area contributed by atoms with Gasteiger partial charge < -0.3 is 9.64 Å². The van der Waals surface area contributed by atoms with E-state index in [1.54, 1.807) is 29.2 Å². The van der Waals surface area contributed by atoms with E-state index in [-0.39, 0.29) is 29.2 Å². The Morgan fingerprint density at radius 2 is 1.59 bits per heavy atom. The number of amides is 3. The lowest BCUT2D eigenvalue weighted by molar-refractivity contribution is -0.137. The zero-order chi connectivity index (χ0) is 23.0. The van der Waals surface area contributed by atoms with E-state index in [1.807, 2.05) is 0 Å². The Bertz CT molecular complexity index is 1090. The molecule has 166 valence electrons. The normalized spacial score (nSPS) is 20.3. The monoisotopic (exact) mass is 454 g/mol. The van der Waals surface area contributed by atoms with Gasteiger partial charge in [0.25, 0.3) is 17.7 Å². The van der Waals surface area contributed by atoms with Crippen LogP contribution in [0.15, 0.2) is 42.5 Å². The lowest BCUT2D eigenvalue weighted by Gasteiger charge is -2.34. The SMILES string of the molecule is C[C@H]1C[C@H](C)CN(C(=O)COC(=O)c2ccc3c(c2)C(=O)N(c2ccc(Cl)cc2)C3=O)C1. The highest BCUT2D eigenvalue weighted by molar-refractivity contribution is 6.35. The highest BCUT2D eigenvalue weighted by Gasteiger charge is 2.37. The molecular formula is C24H23ClN2O5. The smallest absolute Gasteiger partial charge is 0.338 e. The van der Waals surface area contributed by atoms with E-state index in [2.05, 4.69) is 13.8 Å². The number of rotatable bonds is 4. The van der Waals surface area contributed by atoms with Crippen molar-refractivity contribution in [2.45, 2.75) is 20.3 Å². The summed E-state index contributed by atoms with van der Waals surface area (Å²) in [5, 5.41) is 0.485. The van der Waals surface area contributed by atoms with Crippen molar-refractivity contribution in [2.24, 2.45) is 11.8 Å². The lowest BCUT2D eigenvalue weighted by Crippen LogP contribution is -2.44. The molecule has 4 rings (SSSR count). The molecule has 2 aromatic rings. The molecule has 0 aliphatic carbocycles. The first-order chi connectivity index (χ1) is 15.2. The fourth-order valence-corrected chi connectivity index (χ4v) is 4.49. The summed E-state index contributed by atoms with van der Waals surface area (Å²) in [6.45, 7) is 5.13. The molecule has 0 spiro atoms. The number of hydrogen-bond donors (Lipinski definition) is 0. The molecule has 2 aliphatic heterocycles. The summed E-state index contributed by atoms with van der Waals surface area (Å²) in [7, 11) is 0. The summed E-state index contributed by atoms with van der Waals surface area (Å²) < 4.78 is 5.21. The van der Waals surface area contributed by atoms with Gasteiger partial charge in [0.15, 0.2) is 6.61 Å². The van der Waals surface area contributed by atoms with Crippen molar-refractivity contribution in [1.82, 2.24) is 4.90 Å². The van der Waals surface area contributed by atoms with Gasteiger partial charge in [0.1, 0.15) is 0 Å². The average molecular weight is 455 g/mol. The molecule has 8 heteroatoms. The summed E-state index contributed by atoms with van der Waals surface area (Å²) >= 11 is 5.88. The number of piperidine rings is 1. The molecule has 1 saturated heterocycles. The van der Waals surface area contributed by atoms with Crippen molar-refractivity contribution in [3.05, 3.63) is 64.2 Å². The molecule has 0 bridgehead atoms. The third kappa shape index (κ3) is 4.25. The number of halogens is 1. The second kappa shape index (κ2) is 8.74. The summed E-state index contributed by atoms with van der Waals surface area (Å²) in [5.41, 5.74) is 0.814. The van der Waals surface area contributed by atoms with Crippen LogP contribution in [0.25, 0.3) is 0 Å². The Balaban J connectivity index is 1.45. The highest BCUT2D eigenvalue weighted by atomic mass is 35.5. The zero-order valence-corrected chi connectivity index (χ0v) is 18.6. The van der Waals surface area contributed by atoms with Crippen molar-refractivity contribution in [3.8, 4) is 0 Å². The standard InChI is InChI=1S/C24H23ClN2O5/c1-14-9-15(2)12-26(11-14)21(28)13-32-24(31)16-3-8-19-20(10-16)23(30)27(22(19)29)18-6-4-17(25)5-7-18/h3-8,10,14-15H,9,11-13H2,1-2H3/t14-,15-/m0/s1. The Labute approximate surface area is 190 Å². The molecule has 32 heavy (non-hydrogen) atoms.